The van der Waals surface area contributed by atoms with Gasteiger partial charge in [-0.1, -0.05) is 38.1 Å². The molecule has 2 aromatic carbocycles. The normalized spacial score (nSPS) is 36.9. The van der Waals surface area contributed by atoms with Gasteiger partial charge >= 0.3 is 0 Å². The highest BCUT2D eigenvalue weighted by Crippen LogP contribution is 2.65. The Hall–Kier alpha value is -1.85. The molecule has 0 bridgehead atoms. The molecule has 166 valence electrons. The number of methoxy groups -OCH3 is 1. The Kier molecular flexibility index (Phi) is 4.98. The molecule has 4 nitrogen and oxygen atoms in total. The number of sulfone groups is 1. The average molecular weight is 441 g/mol. The van der Waals surface area contributed by atoms with Crippen LogP contribution < -0.4 is 4.74 Å². The number of benzene rings is 2. The van der Waals surface area contributed by atoms with E-state index >= 15 is 0 Å². The predicted molar refractivity (Wildman–Crippen MR) is 121 cm³/mol. The first-order valence-electron chi connectivity index (χ1n) is 11.4. The molecular formula is C26H32O4S. The molecule has 1 N–H and O–H groups in total. The molecule has 5 heteroatoms. The Labute approximate surface area is 185 Å². The summed E-state index contributed by atoms with van der Waals surface area (Å²) in [6, 6.07) is 14.9. The minimum Gasteiger partial charge on any atom is -0.497 e. The van der Waals surface area contributed by atoms with Gasteiger partial charge in [-0.05, 0) is 90.2 Å². The molecule has 7 atom stereocenters. The van der Waals surface area contributed by atoms with E-state index in [9.17, 15) is 13.5 Å². The van der Waals surface area contributed by atoms with Crippen molar-refractivity contribution in [1.29, 1.82) is 0 Å². The lowest BCUT2D eigenvalue weighted by atomic mass is 9.52. The van der Waals surface area contributed by atoms with E-state index in [1.807, 2.05) is 18.2 Å². The zero-order valence-corrected chi connectivity index (χ0v) is 19.3. The summed E-state index contributed by atoms with van der Waals surface area (Å²) < 4.78 is 33.5. The molecule has 0 spiro atoms. The largest absolute Gasteiger partial charge is 0.497 e. The summed E-state index contributed by atoms with van der Waals surface area (Å²) in [5, 5.41) is 10.2. The maximum Gasteiger partial charge on any atom is 0.185 e. The molecule has 0 aliphatic heterocycles. The smallest absolute Gasteiger partial charge is 0.185 e. The molecule has 2 aromatic rings. The van der Waals surface area contributed by atoms with Crippen LogP contribution in [0.5, 0.6) is 5.75 Å². The number of aliphatic hydroxyl groups excluding tert-OH is 1. The molecule has 0 heterocycles. The summed E-state index contributed by atoms with van der Waals surface area (Å²) in [5.41, 5.74) is 1.96. The third-order valence-corrected chi connectivity index (χ3v) is 11.1. The highest BCUT2D eigenvalue weighted by Gasteiger charge is 2.59. The van der Waals surface area contributed by atoms with E-state index < -0.39 is 15.1 Å². The van der Waals surface area contributed by atoms with Crippen molar-refractivity contribution in [1.82, 2.24) is 0 Å². The van der Waals surface area contributed by atoms with Crippen molar-refractivity contribution in [3.8, 4) is 5.75 Å². The van der Waals surface area contributed by atoms with Gasteiger partial charge in [0.25, 0.3) is 0 Å². The number of fused-ring (bicyclic) bond motifs is 5. The number of hydrogen-bond acceptors (Lipinski definition) is 4. The first-order valence-corrected chi connectivity index (χ1v) is 13.0. The van der Waals surface area contributed by atoms with E-state index in [0.29, 0.717) is 22.5 Å². The Morgan fingerprint density at radius 1 is 1.03 bits per heavy atom. The monoisotopic (exact) mass is 440 g/mol. The fourth-order valence-electron chi connectivity index (χ4n) is 7.22. The van der Waals surface area contributed by atoms with E-state index in [0.717, 1.165) is 36.8 Å². The van der Waals surface area contributed by atoms with Crippen LogP contribution in [0, 0.1) is 23.2 Å². The second-order valence-corrected chi connectivity index (χ2v) is 12.1. The summed E-state index contributed by atoms with van der Waals surface area (Å²) in [7, 11) is -1.95. The van der Waals surface area contributed by atoms with Crippen molar-refractivity contribution in [2.75, 3.05) is 7.11 Å². The zero-order chi connectivity index (χ0) is 22.0. The number of hydrogen-bond donors (Lipinski definition) is 1. The molecule has 0 radical (unpaired) electrons. The van der Waals surface area contributed by atoms with Crippen LogP contribution in [0.2, 0.25) is 0 Å². The van der Waals surface area contributed by atoms with E-state index in [4.69, 9.17) is 4.74 Å². The van der Waals surface area contributed by atoms with E-state index in [-0.39, 0.29) is 23.4 Å². The molecule has 31 heavy (non-hydrogen) atoms. The number of ether oxygens (including phenoxy) is 1. The van der Waals surface area contributed by atoms with Crippen LogP contribution in [-0.2, 0) is 9.84 Å². The number of rotatable bonds is 3. The molecule has 3 aliphatic carbocycles. The van der Waals surface area contributed by atoms with E-state index in [1.165, 1.54) is 0 Å². The van der Waals surface area contributed by atoms with Gasteiger partial charge in [0.2, 0.25) is 0 Å². The highest BCUT2D eigenvalue weighted by molar-refractivity contribution is 7.91. The van der Waals surface area contributed by atoms with Crippen LogP contribution in [-0.4, -0.2) is 26.7 Å². The SMILES string of the molecule is COc1ccc2c(c1)C(S(=O)(=O)c1ccccc1)C(C)[C@@H]1[C@@H]2CC[C@]2(C)[C@@H](O)CC[C@@H]12. The quantitative estimate of drug-likeness (QED) is 0.719. The van der Waals surface area contributed by atoms with Gasteiger partial charge in [-0.25, -0.2) is 8.42 Å². The van der Waals surface area contributed by atoms with Crippen molar-refractivity contribution < 1.29 is 18.3 Å². The molecule has 0 amide bonds. The standard InChI is InChI=1S/C26H32O4S/c1-16-24-20(13-14-26(2)22(24)11-12-23(26)27)19-10-9-17(30-3)15-21(19)25(16)31(28,29)18-7-5-4-6-8-18/h4-10,15-16,20,22-25,27H,11-14H2,1-3H3/t16?,20-,22+,23+,24-,25?,26+/m1/s1. The zero-order valence-electron chi connectivity index (χ0n) is 18.5. The van der Waals surface area contributed by atoms with Gasteiger partial charge in [0.05, 0.1) is 23.4 Å². The maximum absolute atomic E-state index is 14.0. The fourth-order valence-corrected chi connectivity index (χ4v) is 9.33. The lowest BCUT2D eigenvalue weighted by Gasteiger charge is -2.54. The second-order valence-electron chi connectivity index (χ2n) is 10.1. The summed E-state index contributed by atoms with van der Waals surface area (Å²) in [5.74, 6) is 1.60. The predicted octanol–water partition coefficient (Wildman–Crippen LogP) is 5.13. The minimum absolute atomic E-state index is 0.0373. The van der Waals surface area contributed by atoms with Crippen LogP contribution in [0.4, 0.5) is 0 Å². The summed E-state index contributed by atoms with van der Waals surface area (Å²) >= 11 is 0. The van der Waals surface area contributed by atoms with Crippen LogP contribution in [0.15, 0.2) is 53.4 Å². The number of aliphatic hydroxyl groups is 1. The first-order chi connectivity index (χ1) is 14.8. The van der Waals surface area contributed by atoms with E-state index in [2.05, 4.69) is 19.9 Å². The van der Waals surface area contributed by atoms with Crippen LogP contribution in [0.1, 0.15) is 61.8 Å². The Morgan fingerprint density at radius 2 is 1.77 bits per heavy atom. The highest BCUT2D eigenvalue weighted by atomic mass is 32.2. The van der Waals surface area contributed by atoms with Crippen LogP contribution in [0.25, 0.3) is 0 Å². The first kappa shape index (κ1) is 21.0. The second kappa shape index (κ2) is 7.35. The molecule has 2 saturated carbocycles. The van der Waals surface area contributed by atoms with Gasteiger partial charge in [-0.15, -0.1) is 0 Å². The molecule has 0 aromatic heterocycles. The van der Waals surface area contributed by atoms with Crippen molar-refractivity contribution in [3.05, 3.63) is 59.7 Å². The molecule has 2 fully saturated rings. The lowest BCUT2D eigenvalue weighted by molar-refractivity contribution is -0.0364. The Balaban J connectivity index is 1.70. The van der Waals surface area contributed by atoms with Crippen LogP contribution >= 0.6 is 0 Å². The third kappa shape index (κ3) is 3.00. The fraction of sp³-hybridized carbons (Fsp3) is 0.538. The molecule has 5 rings (SSSR count). The lowest BCUT2D eigenvalue weighted by Crippen LogP contribution is -2.48. The topological polar surface area (TPSA) is 63.6 Å². The van der Waals surface area contributed by atoms with Gasteiger partial charge < -0.3 is 9.84 Å². The van der Waals surface area contributed by atoms with Gasteiger partial charge in [0, 0.05) is 0 Å². The minimum atomic E-state index is -3.58. The van der Waals surface area contributed by atoms with Crippen molar-refractivity contribution in [3.63, 3.8) is 0 Å². The summed E-state index contributed by atoms with van der Waals surface area (Å²) in [6.07, 6.45) is 3.51. The molecule has 0 saturated heterocycles. The molecule has 3 aliphatic rings. The molecular weight excluding hydrogens is 408 g/mol. The van der Waals surface area contributed by atoms with Crippen molar-refractivity contribution >= 4 is 9.84 Å². The Bertz CT molecular complexity index is 1080. The van der Waals surface area contributed by atoms with Gasteiger partial charge in [-0.2, -0.15) is 0 Å². The van der Waals surface area contributed by atoms with Gasteiger partial charge in [0.1, 0.15) is 5.75 Å². The van der Waals surface area contributed by atoms with Crippen molar-refractivity contribution in [2.24, 2.45) is 23.2 Å². The molecule has 2 unspecified atom stereocenters. The Morgan fingerprint density at radius 3 is 2.48 bits per heavy atom. The van der Waals surface area contributed by atoms with Gasteiger partial charge in [-0.3, -0.25) is 0 Å². The maximum atomic E-state index is 14.0. The van der Waals surface area contributed by atoms with Gasteiger partial charge in [0.15, 0.2) is 9.84 Å². The van der Waals surface area contributed by atoms with Crippen LogP contribution in [0.3, 0.4) is 0 Å². The van der Waals surface area contributed by atoms with Crippen molar-refractivity contribution in [2.45, 2.75) is 61.7 Å². The third-order valence-electron chi connectivity index (χ3n) is 8.77. The average Bonchev–Trinajstić information content (AvgIpc) is 3.08. The summed E-state index contributed by atoms with van der Waals surface area (Å²) in [6.45, 7) is 4.35. The van der Waals surface area contributed by atoms with E-state index in [1.54, 1.807) is 31.4 Å². The summed E-state index contributed by atoms with van der Waals surface area (Å²) in [4.78, 5) is 0.379.